The standard InChI is InChI=1S/C24H29N5O4S/c1-15(2)21-27-24(33-28-21)18-8-10-29(11-9-18)22-16(3)23(26-14-25-22)32-20-6-4-17(5-7-20)19-12-30-34-31-13-19/h4-7,14-15,18-19H,8-13H2,1-3H3. The molecule has 34 heavy (non-hydrogen) atoms. The maximum atomic E-state index is 6.12. The zero-order valence-corrected chi connectivity index (χ0v) is 20.5. The molecule has 0 aliphatic carbocycles. The fourth-order valence-electron chi connectivity index (χ4n) is 4.25. The van der Waals surface area contributed by atoms with Crippen LogP contribution in [-0.2, 0) is 8.37 Å². The Bertz CT molecular complexity index is 1090. The molecule has 2 aromatic heterocycles. The predicted molar refractivity (Wildman–Crippen MR) is 128 cm³/mol. The summed E-state index contributed by atoms with van der Waals surface area (Å²) in [7, 11) is 0. The lowest BCUT2D eigenvalue weighted by Crippen LogP contribution is -2.34. The van der Waals surface area contributed by atoms with Crippen LogP contribution in [0.4, 0.5) is 5.82 Å². The molecule has 2 fully saturated rings. The quantitative estimate of drug-likeness (QED) is 0.437. The summed E-state index contributed by atoms with van der Waals surface area (Å²) in [5.74, 6) is 4.52. The number of aromatic nitrogens is 4. The van der Waals surface area contributed by atoms with Crippen LogP contribution in [0.1, 0.15) is 67.3 Å². The van der Waals surface area contributed by atoms with Gasteiger partial charge in [0.2, 0.25) is 11.8 Å². The van der Waals surface area contributed by atoms with Gasteiger partial charge < -0.3 is 14.2 Å². The van der Waals surface area contributed by atoms with E-state index in [0.717, 1.165) is 72.7 Å². The highest BCUT2D eigenvalue weighted by Crippen LogP contribution is 2.34. The summed E-state index contributed by atoms with van der Waals surface area (Å²) in [5, 5.41) is 4.12. The average molecular weight is 484 g/mol. The van der Waals surface area contributed by atoms with Crippen molar-refractivity contribution in [3.05, 3.63) is 53.4 Å². The molecule has 10 heteroatoms. The molecule has 0 spiro atoms. The van der Waals surface area contributed by atoms with Crippen LogP contribution in [0.25, 0.3) is 0 Å². The molecule has 0 N–H and O–H groups in total. The Balaban J connectivity index is 1.23. The molecule has 3 aromatic rings. The Morgan fingerprint density at radius 2 is 1.76 bits per heavy atom. The smallest absolute Gasteiger partial charge is 0.229 e. The molecule has 180 valence electrons. The Morgan fingerprint density at radius 1 is 1.03 bits per heavy atom. The topological polar surface area (TPSA) is 95.6 Å². The average Bonchev–Trinajstić information content (AvgIpc) is 3.37. The minimum absolute atomic E-state index is 0.231. The normalized spacial score (nSPS) is 17.9. The van der Waals surface area contributed by atoms with E-state index in [2.05, 4.69) is 38.9 Å². The van der Waals surface area contributed by atoms with Crippen molar-refractivity contribution in [1.29, 1.82) is 0 Å². The van der Waals surface area contributed by atoms with Crippen LogP contribution in [0.15, 0.2) is 35.1 Å². The first kappa shape index (κ1) is 23.1. The molecule has 0 unspecified atom stereocenters. The molecule has 0 radical (unpaired) electrons. The number of hydrogen-bond acceptors (Lipinski definition) is 10. The monoisotopic (exact) mass is 483 g/mol. The Kier molecular flexibility index (Phi) is 6.98. The number of nitrogens with zero attached hydrogens (tertiary/aromatic N) is 5. The largest absolute Gasteiger partial charge is 0.439 e. The lowest BCUT2D eigenvalue weighted by Gasteiger charge is -2.32. The summed E-state index contributed by atoms with van der Waals surface area (Å²) in [5.41, 5.74) is 2.09. The molecule has 0 amide bonds. The van der Waals surface area contributed by atoms with E-state index in [9.17, 15) is 0 Å². The molecule has 9 nitrogen and oxygen atoms in total. The Morgan fingerprint density at radius 3 is 2.44 bits per heavy atom. The number of hydrogen-bond donors (Lipinski definition) is 0. The van der Waals surface area contributed by atoms with Gasteiger partial charge in [0.05, 0.1) is 18.8 Å². The van der Waals surface area contributed by atoms with E-state index in [4.69, 9.17) is 17.6 Å². The van der Waals surface area contributed by atoms with E-state index in [1.54, 1.807) is 6.33 Å². The van der Waals surface area contributed by atoms with Gasteiger partial charge in [-0.2, -0.15) is 4.98 Å². The van der Waals surface area contributed by atoms with Crippen molar-refractivity contribution in [2.24, 2.45) is 0 Å². The van der Waals surface area contributed by atoms with E-state index in [-0.39, 0.29) is 17.8 Å². The van der Waals surface area contributed by atoms with Crippen molar-refractivity contribution in [3.8, 4) is 11.6 Å². The molecule has 2 saturated heterocycles. The van der Waals surface area contributed by atoms with Crippen molar-refractivity contribution in [1.82, 2.24) is 20.1 Å². The zero-order valence-electron chi connectivity index (χ0n) is 19.6. The fraction of sp³-hybridized carbons (Fsp3) is 0.500. The van der Waals surface area contributed by atoms with Gasteiger partial charge in [-0.3, -0.25) is 8.37 Å². The lowest BCUT2D eigenvalue weighted by atomic mass is 9.96. The second-order valence-electron chi connectivity index (χ2n) is 9.04. The highest BCUT2D eigenvalue weighted by Gasteiger charge is 2.27. The highest BCUT2D eigenvalue weighted by atomic mass is 32.2. The molecular formula is C24H29N5O4S. The number of piperidine rings is 1. The van der Waals surface area contributed by atoms with Crippen LogP contribution < -0.4 is 9.64 Å². The third-order valence-electron chi connectivity index (χ3n) is 6.33. The summed E-state index contributed by atoms with van der Waals surface area (Å²) < 4.78 is 22.3. The van der Waals surface area contributed by atoms with Crippen molar-refractivity contribution in [2.75, 3.05) is 31.2 Å². The van der Waals surface area contributed by atoms with Gasteiger partial charge in [0, 0.05) is 30.8 Å². The van der Waals surface area contributed by atoms with E-state index in [1.807, 2.05) is 31.2 Å². The van der Waals surface area contributed by atoms with Crippen molar-refractivity contribution < 1.29 is 17.6 Å². The second kappa shape index (κ2) is 10.3. The van der Waals surface area contributed by atoms with Gasteiger partial charge in [-0.1, -0.05) is 31.1 Å². The van der Waals surface area contributed by atoms with E-state index in [0.29, 0.717) is 19.1 Å². The second-order valence-corrected chi connectivity index (χ2v) is 9.65. The van der Waals surface area contributed by atoms with E-state index in [1.165, 1.54) is 0 Å². The number of anilines is 1. The van der Waals surface area contributed by atoms with E-state index < -0.39 is 0 Å². The van der Waals surface area contributed by atoms with Gasteiger partial charge in [-0.25, -0.2) is 9.97 Å². The van der Waals surface area contributed by atoms with Crippen LogP contribution in [0.3, 0.4) is 0 Å². The fourth-order valence-corrected chi connectivity index (χ4v) is 4.75. The summed E-state index contributed by atoms with van der Waals surface area (Å²) >= 11 is 1.06. The van der Waals surface area contributed by atoms with Crippen LogP contribution in [0.5, 0.6) is 11.6 Å². The zero-order chi connectivity index (χ0) is 23.5. The van der Waals surface area contributed by atoms with Crippen LogP contribution >= 0.6 is 12.3 Å². The SMILES string of the molecule is Cc1c(Oc2ccc(C3COSOC3)cc2)ncnc1N1CCC(c2nc(C(C)C)no2)CC1. The maximum absolute atomic E-state index is 6.12. The summed E-state index contributed by atoms with van der Waals surface area (Å²) in [6, 6.07) is 8.01. The minimum Gasteiger partial charge on any atom is -0.439 e. The number of rotatable bonds is 6. The van der Waals surface area contributed by atoms with Crippen molar-refractivity contribution in [3.63, 3.8) is 0 Å². The maximum Gasteiger partial charge on any atom is 0.229 e. The van der Waals surface area contributed by atoms with Crippen LogP contribution in [0, 0.1) is 6.92 Å². The Labute approximate surface area is 203 Å². The van der Waals surface area contributed by atoms with Gasteiger partial charge in [0.25, 0.3) is 0 Å². The third-order valence-corrected chi connectivity index (χ3v) is 6.79. The molecule has 0 bridgehead atoms. The summed E-state index contributed by atoms with van der Waals surface area (Å²) in [6.45, 7) is 9.15. The summed E-state index contributed by atoms with van der Waals surface area (Å²) in [4.78, 5) is 15.8. The van der Waals surface area contributed by atoms with Gasteiger partial charge in [0.1, 0.15) is 17.9 Å². The first-order valence-corrected chi connectivity index (χ1v) is 12.3. The lowest BCUT2D eigenvalue weighted by molar-refractivity contribution is 0.187. The number of benzene rings is 1. The van der Waals surface area contributed by atoms with Gasteiger partial charge in [-0.15, -0.1) is 0 Å². The highest BCUT2D eigenvalue weighted by molar-refractivity contribution is 7.89. The van der Waals surface area contributed by atoms with Gasteiger partial charge >= 0.3 is 0 Å². The molecule has 4 heterocycles. The molecular weight excluding hydrogens is 454 g/mol. The molecule has 2 aliphatic heterocycles. The van der Waals surface area contributed by atoms with Crippen molar-refractivity contribution in [2.45, 2.75) is 51.4 Å². The molecule has 2 aliphatic rings. The predicted octanol–water partition coefficient (Wildman–Crippen LogP) is 5.16. The third kappa shape index (κ3) is 5.03. The first-order chi connectivity index (χ1) is 16.6. The summed E-state index contributed by atoms with van der Waals surface area (Å²) in [6.07, 6.45) is 3.45. The first-order valence-electron chi connectivity index (χ1n) is 11.7. The molecule has 5 rings (SSSR count). The minimum atomic E-state index is 0.231. The molecule has 0 saturated carbocycles. The Hall–Kier alpha value is -2.69. The number of ether oxygens (including phenoxy) is 1. The van der Waals surface area contributed by atoms with Gasteiger partial charge in [0.15, 0.2) is 18.1 Å². The molecule has 0 atom stereocenters. The van der Waals surface area contributed by atoms with Gasteiger partial charge in [-0.05, 0) is 37.5 Å². The molecule has 1 aromatic carbocycles. The van der Waals surface area contributed by atoms with Crippen molar-refractivity contribution >= 4 is 18.1 Å². The van der Waals surface area contributed by atoms with Crippen LogP contribution in [-0.4, -0.2) is 46.4 Å². The van der Waals surface area contributed by atoms with E-state index >= 15 is 0 Å². The van der Waals surface area contributed by atoms with Crippen LogP contribution in [0.2, 0.25) is 0 Å².